The molecule has 12 heavy (non-hydrogen) atoms. The third-order valence-electron chi connectivity index (χ3n) is 3.00. The van der Waals surface area contributed by atoms with Crippen molar-refractivity contribution in [2.75, 3.05) is 19.6 Å². The van der Waals surface area contributed by atoms with Crippen molar-refractivity contribution in [3.05, 3.63) is 6.92 Å². The van der Waals surface area contributed by atoms with Gasteiger partial charge in [0.25, 0.3) is 0 Å². The SMILES string of the molecule is [CH2-]C1[C@H](C)CN(CC)C[C@@H]1C.[W]. The van der Waals surface area contributed by atoms with Gasteiger partial charge >= 0.3 is 0 Å². The van der Waals surface area contributed by atoms with Gasteiger partial charge in [-0.1, -0.05) is 32.6 Å². The maximum atomic E-state index is 4.20. The molecule has 2 heteroatoms. The van der Waals surface area contributed by atoms with E-state index in [1.807, 2.05) is 0 Å². The van der Waals surface area contributed by atoms with E-state index in [-0.39, 0.29) is 21.1 Å². The quantitative estimate of drug-likeness (QED) is 0.662. The van der Waals surface area contributed by atoms with Crippen LogP contribution in [0.5, 0.6) is 0 Å². The molecule has 0 bridgehead atoms. The van der Waals surface area contributed by atoms with Gasteiger partial charge in [0, 0.05) is 21.1 Å². The summed E-state index contributed by atoms with van der Waals surface area (Å²) in [4.78, 5) is 2.52. The van der Waals surface area contributed by atoms with E-state index in [0.717, 1.165) is 11.8 Å². The Labute approximate surface area is 91.2 Å². The molecule has 72 valence electrons. The summed E-state index contributed by atoms with van der Waals surface area (Å²) in [5.41, 5.74) is 0. The molecular formula is C10H20NW-. The minimum absolute atomic E-state index is 0. The van der Waals surface area contributed by atoms with Crippen LogP contribution < -0.4 is 0 Å². The van der Waals surface area contributed by atoms with Crippen molar-refractivity contribution in [3.8, 4) is 0 Å². The number of hydrogen-bond donors (Lipinski definition) is 0. The Kier molecular flexibility index (Phi) is 5.69. The largest absolute Gasteiger partial charge is 0.340 e. The topological polar surface area (TPSA) is 3.24 Å². The van der Waals surface area contributed by atoms with E-state index in [2.05, 4.69) is 32.6 Å². The third-order valence-corrected chi connectivity index (χ3v) is 3.00. The van der Waals surface area contributed by atoms with Crippen LogP contribution in [0.25, 0.3) is 0 Å². The molecule has 0 aromatic rings. The number of hydrogen-bond acceptors (Lipinski definition) is 1. The minimum atomic E-state index is 0. The van der Waals surface area contributed by atoms with Crippen molar-refractivity contribution >= 4 is 0 Å². The molecule has 1 rings (SSSR count). The number of nitrogens with zero attached hydrogens (tertiary/aromatic N) is 1. The van der Waals surface area contributed by atoms with Crippen LogP contribution >= 0.6 is 0 Å². The molecule has 1 saturated heterocycles. The Hall–Kier alpha value is 0.648. The third kappa shape index (κ3) is 2.85. The van der Waals surface area contributed by atoms with E-state index in [9.17, 15) is 0 Å². The normalized spacial score (nSPS) is 37.5. The van der Waals surface area contributed by atoms with Crippen molar-refractivity contribution in [2.24, 2.45) is 17.8 Å². The summed E-state index contributed by atoms with van der Waals surface area (Å²) < 4.78 is 0. The second kappa shape index (κ2) is 5.39. The van der Waals surface area contributed by atoms with Crippen LogP contribution in [0.3, 0.4) is 0 Å². The van der Waals surface area contributed by atoms with E-state index in [4.69, 9.17) is 0 Å². The molecule has 0 aromatic carbocycles. The van der Waals surface area contributed by atoms with Gasteiger partial charge in [0.05, 0.1) is 0 Å². The fourth-order valence-electron chi connectivity index (χ4n) is 1.98. The molecule has 0 spiro atoms. The second-order valence-electron chi connectivity index (χ2n) is 3.97. The summed E-state index contributed by atoms with van der Waals surface area (Å²) in [7, 11) is 0. The van der Waals surface area contributed by atoms with Crippen LogP contribution in [0.1, 0.15) is 20.8 Å². The number of likely N-dealkylation sites (tertiary alicyclic amines) is 1. The van der Waals surface area contributed by atoms with Gasteiger partial charge in [-0.3, -0.25) is 0 Å². The van der Waals surface area contributed by atoms with Gasteiger partial charge in [-0.05, 0) is 19.6 Å². The zero-order chi connectivity index (χ0) is 8.43. The summed E-state index contributed by atoms with van der Waals surface area (Å²) in [5, 5.41) is 0. The molecule has 0 amide bonds. The van der Waals surface area contributed by atoms with Crippen LogP contribution in [0.2, 0.25) is 0 Å². The van der Waals surface area contributed by atoms with Gasteiger partial charge in [-0.25, -0.2) is 0 Å². The van der Waals surface area contributed by atoms with Gasteiger partial charge in [0.1, 0.15) is 0 Å². The second-order valence-corrected chi connectivity index (χ2v) is 3.97. The predicted molar refractivity (Wildman–Crippen MR) is 49.3 cm³/mol. The monoisotopic (exact) mass is 338 g/mol. The smallest absolute Gasteiger partial charge is 0 e. The van der Waals surface area contributed by atoms with Crippen LogP contribution in [0.15, 0.2) is 0 Å². The molecule has 1 unspecified atom stereocenters. The maximum absolute atomic E-state index is 4.20. The fraction of sp³-hybridized carbons (Fsp3) is 0.900. The summed E-state index contributed by atoms with van der Waals surface area (Å²) in [6, 6.07) is 0. The van der Waals surface area contributed by atoms with E-state index in [0.29, 0.717) is 5.92 Å². The average Bonchev–Trinajstić information content (AvgIpc) is 1.99. The van der Waals surface area contributed by atoms with Crippen LogP contribution in [0.4, 0.5) is 0 Å². The maximum Gasteiger partial charge on any atom is 0 e. The Morgan fingerprint density at radius 2 is 1.67 bits per heavy atom. The van der Waals surface area contributed by atoms with Gasteiger partial charge < -0.3 is 11.8 Å². The van der Waals surface area contributed by atoms with Crippen molar-refractivity contribution in [1.29, 1.82) is 0 Å². The number of piperidine rings is 1. The zero-order valence-corrected chi connectivity index (χ0v) is 11.3. The standard InChI is InChI=1S/C10H20N.W/c1-5-11-6-8(2)10(4)9(3)7-11;/h8-10H,4-7H2,1-3H3;/q-1;/t8-,9+,10?;. The summed E-state index contributed by atoms with van der Waals surface area (Å²) >= 11 is 0. The molecule has 1 aliphatic heterocycles. The first kappa shape index (κ1) is 12.6. The first-order chi connectivity index (χ1) is 5.15. The molecule has 1 fully saturated rings. The summed E-state index contributed by atoms with van der Waals surface area (Å²) in [6.07, 6.45) is 0. The van der Waals surface area contributed by atoms with Crippen molar-refractivity contribution < 1.29 is 21.1 Å². The molecular weight excluding hydrogens is 318 g/mol. The minimum Gasteiger partial charge on any atom is -0.340 e. The molecule has 1 nitrogen and oxygen atoms in total. The Balaban J connectivity index is 0.00000121. The summed E-state index contributed by atoms with van der Waals surface area (Å²) in [6.45, 7) is 14.8. The Morgan fingerprint density at radius 1 is 1.25 bits per heavy atom. The molecule has 0 aliphatic carbocycles. The summed E-state index contributed by atoms with van der Waals surface area (Å²) in [5.74, 6) is 2.22. The molecule has 3 atom stereocenters. The van der Waals surface area contributed by atoms with Crippen molar-refractivity contribution in [3.63, 3.8) is 0 Å². The Morgan fingerprint density at radius 3 is 2.00 bits per heavy atom. The van der Waals surface area contributed by atoms with Crippen LogP contribution in [0, 0.1) is 24.7 Å². The van der Waals surface area contributed by atoms with E-state index < -0.39 is 0 Å². The van der Waals surface area contributed by atoms with Gasteiger partial charge in [-0.15, -0.1) is 0 Å². The molecule has 1 heterocycles. The van der Waals surface area contributed by atoms with Gasteiger partial charge in [0.2, 0.25) is 0 Å². The van der Waals surface area contributed by atoms with Gasteiger partial charge in [0.15, 0.2) is 0 Å². The number of rotatable bonds is 1. The fourth-order valence-corrected chi connectivity index (χ4v) is 1.98. The van der Waals surface area contributed by atoms with Crippen molar-refractivity contribution in [2.45, 2.75) is 20.8 Å². The van der Waals surface area contributed by atoms with Crippen LogP contribution in [-0.2, 0) is 21.1 Å². The Bertz CT molecular complexity index is 115. The molecule has 0 aromatic heterocycles. The average molecular weight is 338 g/mol. The molecule has 1 aliphatic rings. The van der Waals surface area contributed by atoms with E-state index >= 15 is 0 Å². The van der Waals surface area contributed by atoms with Gasteiger partial charge in [-0.2, -0.15) is 5.92 Å². The first-order valence-electron chi connectivity index (χ1n) is 4.70. The molecule has 0 radical (unpaired) electrons. The van der Waals surface area contributed by atoms with E-state index in [1.165, 1.54) is 19.6 Å². The van der Waals surface area contributed by atoms with Crippen LogP contribution in [-0.4, -0.2) is 24.5 Å². The zero-order valence-electron chi connectivity index (χ0n) is 8.42. The molecule has 0 saturated carbocycles. The first-order valence-corrected chi connectivity index (χ1v) is 4.70. The molecule has 0 N–H and O–H groups in total. The predicted octanol–water partition coefficient (Wildman–Crippen LogP) is 2.04. The van der Waals surface area contributed by atoms with Crippen molar-refractivity contribution in [1.82, 2.24) is 4.90 Å². The van der Waals surface area contributed by atoms with E-state index in [1.54, 1.807) is 0 Å².